The fourth-order valence-electron chi connectivity index (χ4n) is 2.12. The molecule has 0 bridgehead atoms. The lowest BCUT2D eigenvalue weighted by atomic mass is 9.89. The fraction of sp³-hybridized carbons (Fsp3) is 0.909. The van der Waals surface area contributed by atoms with E-state index in [1.54, 1.807) is 0 Å². The van der Waals surface area contributed by atoms with Gasteiger partial charge in [-0.1, -0.05) is 0 Å². The van der Waals surface area contributed by atoms with Gasteiger partial charge in [-0.25, -0.2) is 4.79 Å². The SMILES string of the molecule is CCOC1CC(NC(=O)NC2CCOC2)C1. The zero-order valence-electron chi connectivity index (χ0n) is 9.70. The van der Waals surface area contributed by atoms with Gasteiger partial charge in [-0.05, 0) is 26.2 Å². The molecule has 0 spiro atoms. The summed E-state index contributed by atoms with van der Waals surface area (Å²) in [5.74, 6) is 0. The normalized spacial score (nSPS) is 33.2. The largest absolute Gasteiger partial charge is 0.379 e. The molecule has 1 saturated carbocycles. The predicted molar refractivity (Wildman–Crippen MR) is 59.3 cm³/mol. The molecule has 5 nitrogen and oxygen atoms in total. The Bertz CT molecular complexity index is 235. The molecule has 1 aliphatic heterocycles. The Balaban J connectivity index is 1.58. The average Bonchev–Trinajstić information content (AvgIpc) is 2.67. The molecule has 2 aliphatic rings. The van der Waals surface area contributed by atoms with Crippen molar-refractivity contribution >= 4 is 6.03 Å². The minimum Gasteiger partial charge on any atom is -0.379 e. The molecule has 1 aliphatic carbocycles. The zero-order valence-corrected chi connectivity index (χ0v) is 9.70. The number of urea groups is 1. The van der Waals surface area contributed by atoms with Crippen LogP contribution in [-0.2, 0) is 9.47 Å². The van der Waals surface area contributed by atoms with Gasteiger partial charge in [-0.2, -0.15) is 0 Å². The Morgan fingerprint density at radius 3 is 2.75 bits per heavy atom. The highest BCUT2D eigenvalue weighted by molar-refractivity contribution is 5.74. The molecule has 16 heavy (non-hydrogen) atoms. The van der Waals surface area contributed by atoms with Crippen LogP contribution in [0.25, 0.3) is 0 Å². The molecule has 1 saturated heterocycles. The third-order valence-electron chi connectivity index (χ3n) is 3.10. The average molecular weight is 228 g/mol. The minimum atomic E-state index is -0.0737. The summed E-state index contributed by atoms with van der Waals surface area (Å²) in [6.45, 7) is 4.14. The summed E-state index contributed by atoms with van der Waals surface area (Å²) in [6.07, 6.45) is 3.12. The lowest BCUT2D eigenvalue weighted by molar-refractivity contribution is -0.00715. The van der Waals surface area contributed by atoms with Crippen molar-refractivity contribution in [1.82, 2.24) is 10.6 Å². The van der Waals surface area contributed by atoms with Crippen molar-refractivity contribution in [1.29, 1.82) is 0 Å². The standard InChI is InChI=1S/C11H20N2O3/c1-2-16-10-5-9(6-10)13-11(14)12-8-3-4-15-7-8/h8-10H,2-7H2,1H3,(H2,12,13,14). The van der Waals surface area contributed by atoms with Gasteiger partial charge >= 0.3 is 6.03 Å². The van der Waals surface area contributed by atoms with Gasteiger partial charge < -0.3 is 20.1 Å². The summed E-state index contributed by atoms with van der Waals surface area (Å²) in [4.78, 5) is 11.5. The first-order valence-electron chi connectivity index (χ1n) is 6.04. The van der Waals surface area contributed by atoms with Crippen LogP contribution in [0.2, 0.25) is 0 Å². The second kappa shape index (κ2) is 5.50. The number of hydrogen-bond acceptors (Lipinski definition) is 3. The second-order valence-corrected chi connectivity index (χ2v) is 4.42. The second-order valence-electron chi connectivity index (χ2n) is 4.42. The van der Waals surface area contributed by atoms with Gasteiger partial charge in [0.25, 0.3) is 0 Å². The molecule has 0 aromatic heterocycles. The summed E-state index contributed by atoms with van der Waals surface area (Å²) in [5.41, 5.74) is 0. The van der Waals surface area contributed by atoms with E-state index in [-0.39, 0.29) is 18.1 Å². The smallest absolute Gasteiger partial charge is 0.315 e. The third kappa shape index (κ3) is 3.09. The maximum Gasteiger partial charge on any atom is 0.315 e. The van der Waals surface area contributed by atoms with E-state index in [1.807, 2.05) is 6.92 Å². The highest BCUT2D eigenvalue weighted by atomic mass is 16.5. The molecule has 2 fully saturated rings. The van der Waals surface area contributed by atoms with Crippen LogP contribution in [-0.4, -0.2) is 44.0 Å². The molecular formula is C11H20N2O3. The number of rotatable bonds is 4. The minimum absolute atomic E-state index is 0.0737. The van der Waals surface area contributed by atoms with E-state index in [0.717, 1.165) is 32.5 Å². The van der Waals surface area contributed by atoms with Gasteiger partial charge in [0.2, 0.25) is 0 Å². The lowest BCUT2D eigenvalue weighted by Gasteiger charge is -2.35. The molecule has 92 valence electrons. The summed E-state index contributed by atoms with van der Waals surface area (Å²) in [6, 6.07) is 0.386. The monoisotopic (exact) mass is 228 g/mol. The Labute approximate surface area is 95.9 Å². The Hall–Kier alpha value is -0.810. The molecule has 5 heteroatoms. The highest BCUT2D eigenvalue weighted by Gasteiger charge is 2.31. The van der Waals surface area contributed by atoms with Gasteiger partial charge in [-0.15, -0.1) is 0 Å². The van der Waals surface area contributed by atoms with E-state index >= 15 is 0 Å². The number of amides is 2. The van der Waals surface area contributed by atoms with Gasteiger partial charge in [0, 0.05) is 19.3 Å². The first kappa shape index (κ1) is 11.7. The van der Waals surface area contributed by atoms with E-state index < -0.39 is 0 Å². The summed E-state index contributed by atoms with van der Waals surface area (Å²) >= 11 is 0. The van der Waals surface area contributed by atoms with Crippen LogP contribution in [0.3, 0.4) is 0 Å². The molecular weight excluding hydrogens is 208 g/mol. The van der Waals surface area contributed by atoms with E-state index in [2.05, 4.69) is 10.6 Å². The van der Waals surface area contributed by atoms with Crippen LogP contribution >= 0.6 is 0 Å². The van der Waals surface area contributed by atoms with Crippen LogP contribution in [0.15, 0.2) is 0 Å². The Morgan fingerprint density at radius 1 is 1.38 bits per heavy atom. The molecule has 1 unspecified atom stereocenters. The Kier molecular flexibility index (Phi) is 4.01. The first-order valence-corrected chi connectivity index (χ1v) is 6.04. The van der Waals surface area contributed by atoms with Crippen molar-refractivity contribution in [3.05, 3.63) is 0 Å². The first-order chi connectivity index (χ1) is 7.78. The van der Waals surface area contributed by atoms with E-state index in [9.17, 15) is 4.79 Å². The zero-order chi connectivity index (χ0) is 11.4. The Morgan fingerprint density at radius 2 is 2.12 bits per heavy atom. The van der Waals surface area contributed by atoms with Crippen LogP contribution < -0.4 is 10.6 Å². The fourth-order valence-corrected chi connectivity index (χ4v) is 2.12. The molecule has 0 aromatic rings. The van der Waals surface area contributed by atoms with Gasteiger partial charge in [0.05, 0.1) is 18.8 Å². The molecule has 1 heterocycles. The molecule has 0 radical (unpaired) electrons. The summed E-state index contributed by atoms with van der Waals surface area (Å²) in [5, 5.41) is 5.85. The third-order valence-corrected chi connectivity index (χ3v) is 3.10. The van der Waals surface area contributed by atoms with Crippen LogP contribution in [0.5, 0.6) is 0 Å². The van der Waals surface area contributed by atoms with Crippen molar-refractivity contribution in [2.24, 2.45) is 0 Å². The quantitative estimate of drug-likeness (QED) is 0.742. The van der Waals surface area contributed by atoms with E-state index in [1.165, 1.54) is 0 Å². The maximum absolute atomic E-state index is 11.5. The van der Waals surface area contributed by atoms with Crippen molar-refractivity contribution in [3.63, 3.8) is 0 Å². The van der Waals surface area contributed by atoms with Gasteiger partial charge in [0.1, 0.15) is 0 Å². The summed E-state index contributed by atoms with van der Waals surface area (Å²) in [7, 11) is 0. The molecule has 1 atom stereocenters. The molecule has 2 N–H and O–H groups in total. The molecule has 2 amide bonds. The van der Waals surface area contributed by atoms with Crippen molar-refractivity contribution < 1.29 is 14.3 Å². The number of carbonyl (C=O) groups excluding carboxylic acids is 1. The number of hydrogen-bond donors (Lipinski definition) is 2. The van der Waals surface area contributed by atoms with E-state index in [0.29, 0.717) is 12.7 Å². The predicted octanol–water partition coefficient (Wildman–Crippen LogP) is 0.642. The highest BCUT2D eigenvalue weighted by Crippen LogP contribution is 2.22. The number of nitrogens with one attached hydrogen (secondary N) is 2. The van der Waals surface area contributed by atoms with Gasteiger partial charge in [0.15, 0.2) is 0 Å². The topological polar surface area (TPSA) is 59.6 Å². The number of carbonyl (C=O) groups is 1. The maximum atomic E-state index is 11.5. The summed E-state index contributed by atoms with van der Waals surface area (Å²) < 4.78 is 10.6. The van der Waals surface area contributed by atoms with Crippen molar-refractivity contribution in [2.75, 3.05) is 19.8 Å². The number of ether oxygens (including phenoxy) is 2. The van der Waals surface area contributed by atoms with Crippen molar-refractivity contribution in [3.8, 4) is 0 Å². The van der Waals surface area contributed by atoms with Crippen LogP contribution in [0.1, 0.15) is 26.2 Å². The molecule has 2 rings (SSSR count). The lowest BCUT2D eigenvalue weighted by Crippen LogP contribution is -2.52. The van der Waals surface area contributed by atoms with E-state index in [4.69, 9.17) is 9.47 Å². The molecule has 0 aromatic carbocycles. The van der Waals surface area contributed by atoms with Gasteiger partial charge in [-0.3, -0.25) is 0 Å². The van der Waals surface area contributed by atoms with Crippen LogP contribution in [0.4, 0.5) is 4.79 Å². The van der Waals surface area contributed by atoms with Crippen LogP contribution in [0, 0.1) is 0 Å². The van der Waals surface area contributed by atoms with Crippen molar-refractivity contribution in [2.45, 2.75) is 44.4 Å².